The van der Waals surface area contributed by atoms with E-state index in [0.717, 1.165) is 25.9 Å². The standard InChI is InChI=1S/C16H16Cl2N4O/c1-10-14(9-19-16(20-10)22-4-2-3-5-22)15(23)21-13-7-11(17)6-12(18)8-13/h6-9H,2-5H2,1H3,(H,21,23). The number of amides is 1. The number of aromatic nitrogens is 2. The molecular formula is C16H16Cl2N4O. The second-order valence-electron chi connectivity index (χ2n) is 5.48. The summed E-state index contributed by atoms with van der Waals surface area (Å²) in [7, 11) is 0. The Hall–Kier alpha value is -1.85. The van der Waals surface area contributed by atoms with E-state index >= 15 is 0 Å². The SMILES string of the molecule is Cc1nc(N2CCCC2)ncc1C(=O)Nc1cc(Cl)cc(Cl)c1. The van der Waals surface area contributed by atoms with Crippen molar-refractivity contribution in [1.82, 2.24) is 9.97 Å². The predicted octanol–water partition coefficient (Wildman–Crippen LogP) is 3.94. The molecule has 120 valence electrons. The van der Waals surface area contributed by atoms with Crippen molar-refractivity contribution in [1.29, 1.82) is 0 Å². The lowest BCUT2D eigenvalue weighted by molar-refractivity contribution is 0.102. The van der Waals surface area contributed by atoms with Crippen molar-refractivity contribution in [2.75, 3.05) is 23.3 Å². The van der Waals surface area contributed by atoms with Crippen molar-refractivity contribution in [3.8, 4) is 0 Å². The van der Waals surface area contributed by atoms with Crippen molar-refractivity contribution >= 4 is 40.7 Å². The maximum absolute atomic E-state index is 12.4. The molecule has 7 heteroatoms. The van der Waals surface area contributed by atoms with E-state index in [9.17, 15) is 4.79 Å². The van der Waals surface area contributed by atoms with Crippen molar-refractivity contribution in [2.45, 2.75) is 19.8 Å². The van der Waals surface area contributed by atoms with Crippen LogP contribution in [0.4, 0.5) is 11.6 Å². The number of anilines is 2. The van der Waals surface area contributed by atoms with Crippen molar-refractivity contribution in [3.05, 3.63) is 45.7 Å². The number of hydrogen-bond donors (Lipinski definition) is 1. The summed E-state index contributed by atoms with van der Waals surface area (Å²) in [6.07, 6.45) is 3.87. The molecule has 0 aliphatic carbocycles. The molecular weight excluding hydrogens is 335 g/mol. The second-order valence-corrected chi connectivity index (χ2v) is 6.35. The van der Waals surface area contributed by atoms with Gasteiger partial charge in [0.1, 0.15) is 0 Å². The molecule has 1 N–H and O–H groups in total. The molecule has 23 heavy (non-hydrogen) atoms. The van der Waals surface area contributed by atoms with Crippen LogP contribution in [0.15, 0.2) is 24.4 Å². The third kappa shape index (κ3) is 3.74. The Morgan fingerprint density at radius 3 is 2.43 bits per heavy atom. The molecule has 1 fully saturated rings. The highest BCUT2D eigenvalue weighted by Crippen LogP contribution is 2.23. The summed E-state index contributed by atoms with van der Waals surface area (Å²) in [4.78, 5) is 23.3. The first-order valence-electron chi connectivity index (χ1n) is 7.39. The van der Waals surface area contributed by atoms with Gasteiger partial charge in [0.05, 0.1) is 11.3 Å². The zero-order valence-electron chi connectivity index (χ0n) is 12.6. The number of rotatable bonds is 3. The van der Waals surface area contributed by atoms with E-state index in [2.05, 4.69) is 20.2 Å². The van der Waals surface area contributed by atoms with E-state index < -0.39 is 0 Å². The molecule has 0 spiro atoms. The van der Waals surface area contributed by atoms with Gasteiger partial charge in [0.25, 0.3) is 5.91 Å². The van der Waals surface area contributed by atoms with Gasteiger partial charge < -0.3 is 10.2 Å². The topological polar surface area (TPSA) is 58.1 Å². The molecule has 0 saturated carbocycles. The summed E-state index contributed by atoms with van der Waals surface area (Å²) in [5.41, 5.74) is 1.62. The van der Waals surface area contributed by atoms with Crippen LogP contribution in [0.1, 0.15) is 28.9 Å². The average Bonchev–Trinajstić information content (AvgIpc) is 2.99. The molecule has 1 aliphatic rings. The van der Waals surface area contributed by atoms with Crippen LogP contribution in [0.5, 0.6) is 0 Å². The molecule has 1 aliphatic heterocycles. The van der Waals surface area contributed by atoms with Crippen LogP contribution in [0.25, 0.3) is 0 Å². The van der Waals surface area contributed by atoms with Crippen LogP contribution in [0.2, 0.25) is 10.0 Å². The van der Waals surface area contributed by atoms with Gasteiger partial charge in [-0.2, -0.15) is 0 Å². The van der Waals surface area contributed by atoms with E-state index in [0.29, 0.717) is 32.9 Å². The van der Waals surface area contributed by atoms with E-state index in [4.69, 9.17) is 23.2 Å². The van der Waals surface area contributed by atoms with Gasteiger partial charge in [-0.1, -0.05) is 23.2 Å². The zero-order valence-corrected chi connectivity index (χ0v) is 14.2. The molecule has 0 bridgehead atoms. The van der Waals surface area contributed by atoms with Gasteiger partial charge in [-0.15, -0.1) is 0 Å². The third-order valence-electron chi connectivity index (χ3n) is 3.72. The van der Waals surface area contributed by atoms with Crippen LogP contribution in [-0.2, 0) is 0 Å². The molecule has 1 saturated heterocycles. The minimum Gasteiger partial charge on any atom is -0.341 e. The number of nitrogens with zero attached hydrogens (tertiary/aromatic N) is 3. The number of halogens is 2. The largest absolute Gasteiger partial charge is 0.341 e. The molecule has 0 radical (unpaired) electrons. The van der Waals surface area contributed by atoms with E-state index in [-0.39, 0.29) is 5.91 Å². The lowest BCUT2D eigenvalue weighted by atomic mass is 10.2. The Labute approximate surface area is 144 Å². The highest BCUT2D eigenvalue weighted by molar-refractivity contribution is 6.35. The van der Waals surface area contributed by atoms with Crippen LogP contribution < -0.4 is 10.2 Å². The normalized spacial score (nSPS) is 14.1. The summed E-state index contributed by atoms with van der Waals surface area (Å²) in [6, 6.07) is 4.89. The monoisotopic (exact) mass is 350 g/mol. The smallest absolute Gasteiger partial charge is 0.259 e. The highest BCUT2D eigenvalue weighted by atomic mass is 35.5. The molecule has 1 amide bonds. The summed E-state index contributed by atoms with van der Waals surface area (Å²) >= 11 is 11.9. The Morgan fingerprint density at radius 1 is 1.17 bits per heavy atom. The van der Waals surface area contributed by atoms with Crippen LogP contribution in [0, 0.1) is 6.92 Å². The maximum Gasteiger partial charge on any atom is 0.259 e. The maximum atomic E-state index is 12.4. The first kappa shape index (κ1) is 16.0. The minimum atomic E-state index is -0.284. The first-order valence-corrected chi connectivity index (χ1v) is 8.14. The fourth-order valence-corrected chi connectivity index (χ4v) is 3.10. The van der Waals surface area contributed by atoms with E-state index in [1.54, 1.807) is 31.3 Å². The summed E-state index contributed by atoms with van der Waals surface area (Å²) < 4.78 is 0. The van der Waals surface area contributed by atoms with Gasteiger partial charge in [0.2, 0.25) is 5.95 Å². The highest BCUT2D eigenvalue weighted by Gasteiger charge is 2.18. The fraction of sp³-hybridized carbons (Fsp3) is 0.312. The van der Waals surface area contributed by atoms with Gasteiger partial charge in [-0.3, -0.25) is 4.79 Å². The Balaban J connectivity index is 1.79. The number of nitrogens with one attached hydrogen (secondary N) is 1. The van der Waals surface area contributed by atoms with Crippen molar-refractivity contribution in [3.63, 3.8) is 0 Å². The third-order valence-corrected chi connectivity index (χ3v) is 4.16. The number of benzene rings is 1. The number of carbonyl (C=O) groups is 1. The van der Waals surface area contributed by atoms with Gasteiger partial charge >= 0.3 is 0 Å². The molecule has 1 aromatic carbocycles. The van der Waals surface area contributed by atoms with Gasteiger partial charge in [-0.05, 0) is 38.0 Å². The Kier molecular flexibility index (Phi) is 4.68. The molecule has 0 atom stereocenters. The molecule has 1 aromatic heterocycles. The number of hydrogen-bond acceptors (Lipinski definition) is 4. The minimum absolute atomic E-state index is 0.284. The Morgan fingerprint density at radius 2 is 1.83 bits per heavy atom. The molecule has 3 rings (SSSR count). The van der Waals surface area contributed by atoms with E-state index in [1.807, 2.05) is 0 Å². The summed E-state index contributed by atoms with van der Waals surface area (Å²) in [5, 5.41) is 3.69. The van der Waals surface area contributed by atoms with Crippen molar-refractivity contribution < 1.29 is 4.79 Å². The lowest BCUT2D eigenvalue weighted by Crippen LogP contribution is -2.22. The zero-order chi connectivity index (χ0) is 16.4. The molecule has 5 nitrogen and oxygen atoms in total. The number of aryl methyl sites for hydroxylation is 1. The summed E-state index contributed by atoms with van der Waals surface area (Å²) in [6.45, 7) is 3.74. The predicted molar refractivity (Wildman–Crippen MR) is 92.6 cm³/mol. The Bertz CT molecular complexity index is 725. The van der Waals surface area contributed by atoms with Gasteiger partial charge in [0, 0.05) is 35.0 Å². The molecule has 0 unspecified atom stereocenters. The van der Waals surface area contributed by atoms with E-state index in [1.165, 1.54) is 0 Å². The van der Waals surface area contributed by atoms with Gasteiger partial charge in [0.15, 0.2) is 0 Å². The molecule has 2 aromatic rings. The quantitative estimate of drug-likeness (QED) is 0.910. The van der Waals surface area contributed by atoms with Crippen molar-refractivity contribution in [2.24, 2.45) is 0 Å². The van der Waals surface area contributed by atoms with Gasteiger partial charge in [-0.25, -0.2) is 9.97 Å². The van der Waals surface area contributed by atoms with Crippen LogP contribution >= 0.6 is 23.2 Å². The molecule has 2 heterocycles. The number of carbonyl (C=O) groups excluding carboxylic acids is 1. The second kappa shape index (κ2) is 6.72. The van der Waals surface area contributed by atoms with Crippen LogP contribution in [0.3, 0.4) is 0 Å². The fourth-order valence-electron chi connectivity index (χ4n) is 2.57. The first-order chi connectivity index (χ1) is 11.0. The average molecular weight is 351 g/mol. The lowest BCUT2D eigenvalue weighted by Gasteiger charge is -2.16. The summed E-state index contributed by atoms with van der Waals surface area (Å²) in [5.74, 6) is 0.399. The van der Waals surface area contributed by atoms with Crippen LogP contribution in [-0.4, -0.2) is 29.0 Å².